The van der Waals surface area contributed by atoms with Gasteiger partial charge in [-0.25, -0.2) is 4.98 Å². The van der Waals surface area contributed by atoms with E-state index in [0.29, 0.717) is 6.42 Å². The molecule has 1 aromatic carbocycles. The predicted molar refractivity (Wildman–Crippen MR) is 89.4 cm³/mol. The van der Waals surface area contributed by atoms with E-state index in [1.54, 1.807) is 11.3 Å². The van der Waals surface area contributed by atoms with Gasteiger partial charge in [0.2, 0.25) is 5.91 Å². The summed E-state index contributed by atoms with van der Waals surface area (Å²) in [7, 11) is 0. The summed E-state index contributed by atoms with van der Waals surface area (Å²) in [5.41, 5.74) is 0.935. The van der Waals surface area contributed by atoms with Gasteiger partial charge >= 0.3 is 5.97 Å². The van der Waals surface area contributed by atoms with Crippen molar-refractivity contribution in [3.8, 4) is 0 Å². The van der Waals surface area contributed by atoms with Gasteiger partial charge in [-0.2, -0.15) is 0 Å². The Morgan fingerprint density at radius 3 is 2.86 bits per heavy atom. The first-order valence-corrected chi connectivity index (χ1v) is 8.88. The largest absolute Gasteiger partial charge is 0.481 e. The summed E-state index contributed by atoms with van der Waals surface area (Å²) in [4.78, 5) is 27.3. The van der Waals surface area contributed by atoms with Gasteiger partial charge in [-0.3, -0.25) is 9.59 Å². The Kier molecular flexibility index (Phi) is 6.21. The number of aliphatic carboxylic acids is 1. The van der Waals surface area contributed by atoms with Crippen LogP contribution in [0.2, 0.25) is 0 Å². The second-order valence-corrected chi connectivity index (χ2v) is 7.12. The highest BCUT2D eigenvalue weighted by molar-refractivity contribution is 8.01. The fourth-order valence-corrected chi connectivity index (χ4v) is 3.89. The maximum Gasteiger partial charge on any atom is 0.308 e. The second kappa shape index (κ2) is 8.14. The quantitative estimate of drug-likeness (QED) is 0.723. The Balaban J connectivity index is 1.81. The predicted octanol–water partition coefficient (Wildman–Crippen LogP) is 3.01. The number of hydrogen-bond donors (Lipinski definition) is 2. The molecule has 7 heteroatoms. The molecule has 0 saturated heterocycles. The lowest BCUT2D eigenvalue weighted by molar-refractivity contribution is -0.141. The van der Waals surface area contributed by atoms with Crippen LogP contribution in [0.1, 0.15) is 19.8 Å². The Hall–Kier alpha value is -1.60. The highest BCUT2D eigenvalue weighted by Crippen LogP contribution is 2.28. The third kappa shape index (κ3) is 4.71. The van der Waals surface area contributed by atoms with Gasteiger partial charge in [0.1, 0.15) is 0 Å². The number of carboxylic acid groups (broad SMARTS) is 1. The molecule has 0 fully saturated rings. The smallest absolute Gasteiger partial charge is 0.308 e. The first-order valence-electron chi connectivity index (χ1n) is 7.08. The number of thiazole rings is 1. The minimum absolute atomic E-state index is 0.161. The van der Waals surface area contributed by atoms with Gasteiger partial charge in [-0.05, 0) is 18.6 Å². The number of amides is 1. The molecule has 1 unspecified atom stereocenters. The number of carbonyl (C=O) groups is 2. The summed E-state index contributed by atoms with van der Waals surface area (Å²) in [6.07, 6.45) is 1.36. The number of rotatable bonds is 8. The van der Waals surface area contributed by atoms with Crippen LogP contribution in [0.25, 0.3) is 10.2 Å². The van der Waals surface area contributed by atoms with Gasteiger partial charge in [0.15, 0.2) is 4.34 Å². The Morgan fingerprint density at radius 1 is 1.41 bits per heavy atom. The van der Waals surface area contributed by atoms with Crippen LogP contribution in [0.15, 0.2) is 28.6 Å². The summed E-state index contributed by atoms with van der Waals surface area (Å²) in [6, 6.07) is 7.84. The Bertz CT molecular complexity index is 624. The van der Waals surface area contributed by atoms with E-state index in [4.69, 9.17) is 5.11 Å². The SMILES string of the molecule is CCCC(CNC(=O)CSc1nc2ccccc2s1)C(=O)O. The van der Waals surface area contributed by atoms with Gasteiger partial charge in [-0.1, -0.05) is 37.2 Å². The molecule has 0 aliphatic rings. The number of para-hydroxylation sites is 1. The highest BCUT2D eigenvalue weighted by Gasteiger charge is 2.17. The zero-order chi connectivity index (χ0) is 15.9. The average molecular weight is 338 g/mol. The zero-order valence-electron chi connectivity index (χ0n) is 12.2. The second-order valence-electron chi connectivity index (χ2n) is 4.86. The lowest BCUT2D eigenvalue weighted by Gasteiger charge is -2.11. The summed E-state index contributed by atoms with van der Waals surface area (Å²) in [5, 5.41) is 11.7. The molecule has 0 spiro atoms. The first-order chi connectivity index (χ1) is 10.6. The van der Waals surface area contributed by atoms with Crippen molar-refractivity contribution in [2.45, 2.75) is 24.1 Å². The number of carboxylic acids is 1. The number of carbonyl (C=O) groups excluding carboxylic acids is 1. The van der Waals surface area contributed by atoms with Crippen LogP contribution >= 0.6 is 23.1 Å². The summed E-state index contributed by atoms with van der Waals surface area (Å²) in [6.45, 7) is 2.11. The Labute approximate surface area is 137 Å². The summed E-state index contributed by atoms with van der Waals surface area (Å²) >= 11 is 2.93. The number of aromatic nitrogens is 1. The zero-order valence-corrected chi connectivity index (χ0v) is 13.9. The molecule has 22 heavy (non-hydrogen) atoms. The molecule has 1 heterocycles. The molecule has 118 valence electrons. The van der Waals surface area contributed by atoms with Crippen molar-refractivity contribution in [3.63, 3.8) is 0 Å². The standard InChI is InChI=1S/C15H18N2O3S2/c1-2-5-10(14(19)20)8-16-13(18)9-21-15-17-11-6-3-4-7-12(11)22-15/h3-4,6-7,10H,2,5,8-9H2,1H3,(H,16,18)(H,19,20). The molecule has 0 aliphatic carbocycles. The van der Waals surface area contributed by atoms with Crippen LogP contribution in [-0.4, -0.2) is 34.3 Å². The first kappa shape index (κ1) is 16.8. The average Bonchev–Trinajstić information content (AvgIpc) is 2.92. The van der Waals surface area contributed by atoms with Gasteiger partial charge in [0.05, 0.1) is 21.9 Å². The molecule has 0 aliphatic heterocycles. The van der Waals surface area contributed by atoms with Crippen LogP contribution < -0.4 is 5.32 Å². The molecule has 0 radical (unpaired) electrons. The lowest BCUT2D eigenvalue weighted by atomic mass is 10.0. The minimum Gasteiger partial charge on any atom is -0.481 e. The molecule has 1 atom stereocenters. The molecule has 5 nitrogen and oxygen atoms in total. The van der Waals surface area contributed by atoms with E-state index in [9.17, 15) is 9.59 Å². The molecule has 1 aromatic heterocycles. The number of fused-ring (bicyclic) bond motifs is 1. The van der Waals surface area contributed by atoms with Crippen molar-refractivity contribution in [1.82, 2.24) is 10.3 Å². The molecular formula is C15H18N2O3S2. The number of hydrogen-bond acceptors (Lipinski definition) is 5. The molecule has 0 saturated carbocycles. The molecule has 2 aromatic rings. The van der Waals surface area contributed by atoms with E-state index in [-0.39, 0.29) is 18.2 Å². The van der Waals surface area contributed by atoms with E-state index in [1.807, 2.05) is 31.2 Å². The minimum atomic E-state index is -0.860. The monoisotopic (exact) mass is 338 g/mol. The van der Waals surface area contributed by atoms with Crippen molar-refractivity contribution in [1.29, 1.82) is 0 Å². The number of benzene rings is 1. The summed E-state index contributed by atoms with van der Waals surface area (Å²) < 4.78 is 1.94. The topological polar surface area (TPSA) is 79.3 Å². The fraction of sp³-hybridized carbons (Fsp3) is 0.400. The highest BCUT2D eigenvalue weighted by atomic mass is 32.2. The summed E-state index contributed by atoms with van der Waals surface area (Å²) in [5.74, 6) is -1.29. The molecular weight excluding hydrogens is 320 g/mol. The van der Waals surface area contributed by atoms with E-state index in [0.717, 1.165) is 21.0 Å². The van der Waals surface area contributed by atoms with E-state index < -0.39 is 11.9 Å². The molecule has 0 bridgehead atoms. The van der Waals surface area contributed by atoms with Crippen LogP contribution in [0.3, 0.4) is 0 Å². The Morgan fingerprint density at radius 2 is 2.18 bits per heavy atom. The van der Waals surface area contributed by atoms with Crippen molar-refractivity contribution in [2.24, 2.45) is 5.92 Å². The molecule has 1 amide bonds. The normalized spacial score (nSPS) is 12.2. The number of thioether (sulfide) groups is 1. The van der Waals surface area contributed by atoms with Crippen LogP contribution in [0, 0.1) is 5.92 Å². The third-order valence-corrected chi connectivity index (χ3v) is 5.31. The van der Waals surface area contributed by atoms with Gasteiger partial charge in [0.25, 0.3) is 0 Å². The van der Waals surface area contributed by atoms with Crippen LogP contribution in [0.5, 0.6) is 0 Å². The molecule has 2 rings (SSSR count). The maximum absolute atomic E-state index is 11.8. The number of nitrogens with one attached hydrogen (secondary N) is 1. The van der Waals surface area contributed by atoms with E-state index >= 15 is 0 Å². The van der Waals surface area contributed by atoms with Gasteiger partial charge in [0, 0.05) is 6.54 Å². The lowest BCUT2D eigenvalue weighted by Crippen LogP contribution is -2.33. The third-order valence-electron chi connectivity index (χ3n) is 3.13. The van der Waals surface area contributed by atoms with Gasteiger partial charge in [-0.15, -0.1) is 11.3 Å². The maximum atomic E-state index is 11.8. The van der Waals surface area contributed by atoms with Crippen molar-refractivity contribution in [3.05, 3.63) is 24.3 Å². The van der Waals surface area contributed by atoms with Crippen LogP contribution in [-0.2, 0) is 9.59 Å². The fourth-order valence-electron chi connectivity index (χ4n) is 1.99. The van der Waals surface area contributed by atoms with Crippen molar-refractivity contribution >= 4 is 45.2 Å². The van der Waals surface area contributed by atoms with E-state index in [1.165, 1.54) is 11.8 Å². The van der Waals surface area contributed by atoms with Crippen molar-refractivity contribution < 1.29 is 14.7 Å². The van der Waals surface area contributed by atoms with Gasteiger partial charge < -0.3 is 10.4 Å². The number of nitrogens with zero attached hydrogens (tertiary/aromatic N) is 1. The van der Waals surface area contributed by atoms with E-state index in [2.05, 4.69) is 10.3 Å². The van der Waals surface area contributed by atoms with Crippen LogP contribution in [0.4, 0.5) is 0 Å². The van der Waals surface area contributed by atoms with Crippen molar-refractivity contribution in [2.75, 3.05) is 12.3 Å². The molecule has 2 N–H and O–H groups in total.